The largest absolute Gasteiger partial charge is 0.364 e. The highest BCUT2D eigenvalue weighted by atomic mass is 32.2. The van der Waals surface area contributed by atoms with E-state index in [0.29, 0.717) is 36.4 Å². The van der Waals surface area contributed by atoms with E-state index in [2.05, 4.69) is 15.1 Å². The molecule has 1 N–H and O–H groups in total. The molecule has 0 radical (unpaired) electrons. The number of amides is 1. The third-order valence-electron chi connectivity index (χ3n) is 6.69. The van der Waals surface area contributed by atoms with Crippen molar-refractivity contribution in [3.63, 3.8) is 0 Å². The zero-order valence-corrected chi connectivity index (χ0v) is 26.1. The molecule has 0 spiro atoms. The van der Waals surface area contributed by atoms with Crippen LogP contribution in [0, 0.1) is 18.6 Å². The molecular weight excluding hydrogens is 578 g/mol. The van der Waals surface area contributed by atoms with Crippen LogP contribution in [0.5, 0.6) is 0 Å². The molecule has 3 aromatic carbocycles. The molecule has 0 heterocycles. The smallest absolute Gasteiger partial charge is 0.338 e. The fourth-order valence-corrected chi connectivity index (χ4v) is 5.60. The molecule has 0 aliphatic heterocycles. The first-order valence-corrected chi connectivity index (χ1v) is 16.4. The van der Waals surface area contributed by atoms with Gasteiger partial charge in [0.2, 0.25) is 0 Å². The number of thioether (sulfide) groups is 2. The monoisotopic (exact) mass is 616 g/mol. The van der Waals surface area contributed by atoms with E-state index in [4.69, 9.17) is 4.89 Å². The minimum Gasteiger partial charge on any atom is -0.338 e. The second kappa shape index (κ2) is 17.3. The van der Waals surface area contributed by atoms with Gasteiger partial charge in [-0.1, -0.05) is 30.3 Å². The first-order valence-electron chi connectivity index (χ1n) is 13.6. The van der Waals surface area contributed by atoms with E-state index in [-0.39, 0.29) is 0 Å². The summed E-state index contributed by atoms with van der Waals surface area (Å²) in [4.78, 5) is 37.5. The van der Waals surface area contributed by atoms with Crippen molar-refractivity contribution in [1.82, 2.24) is 10.2 Å². The molecule has 3 aromatic rings. The summed E-state index contributed by atoms with van der Waals surface area (Å²) in [5, 5.41) is 2.83. The number of hydrogen-bond donors (Lipinski definition) is 1. The predicted molar refractivity (Wildman–Crippen MR) is 167 cm³/mol. The third-order valence-corrected chi connectivity index (χ3v) is 8.03. The maximum absolute atomic E-state index is 13.9. The van der Waals surface area contributed by atoms with Gasteiger partial charge in [0.1, 0.15) is 17.7 Å². The molecule has 0 bridgehead atoms. The Kier molecular flexibility index (Phi) is 13.8. The van der Waals surface area contributed by atoms with Crippen LogP contribution in [0.2, 0.25) is 0 Å². The molecule has 226 valence electrons. The Bertz CT molecular complexity index is 1320. The number of benzene rings is 3. The SMILES string of the molecule is COOC(=O)C(CCSC)NC(=O)c1ccc(CN(CCCSC)Cc2cc(F)cc(F)c2)cc1-c1ccccc1C. The Hall–Kier alpha value is -2.92. The van der Waals surface area contributed by atoms with E-state index in [1.807, 2.05) is 55.8 Å². The molecule has 0 aliphatic rings. The Morgan fingerprint density at radius 3 is 2.26 bits per heavy atom. The van der Waals surface area contributed by atoms with E-state index < -0.39 is 29.6 Å². The molecule has 0 fully saturated rings. The van der Waals surface area contributed by atoms with Crippen LogP contribution in [0.3, 0.4) is 0 Å². The first kappa shape index (κ1) is 33.6. The second-order valence-electron chi connectivity index (χ2n) is 9.91. The van der Waals surface area contributed by atoms with Crippen LogP contribution >= 0.6 is 23.5 Å². The molecule has 1 amide bonds. The lowest BCUT2D eigenvalue weighted by molar-refractivity contribution is -0.256. The molecule has 1 atom stereocenters. The summed E-state index contributed by atoms with van der Waals surface area (Å²) < 4.78 is 27.9. The van der Waals surface area contributed by atoms with Crippen LogP contribution in [0.15, 0.2) is 60.7 Å². The quantitative estimate of drug-likeness (QED) is 0.110. The zero-order valence-electron chi connectivity index (χ0n) is 24.5. The summed E-state index contributed by atoms with van der Waals surface area (Å²) in [7, 11) is 1.25. The van der Waals surface area contributed by atoms with E-state index in [1.165, 1.54) is 19.2 Å². The van der Waals surface area contributed by atoms with E-state index in [0.717, 1.165) is 47.0 Å². The summed E-state index contributed by atoms with van der Waals surface area (Å²) in [6, 6.07) is 16.2. The fourth-order valence-electron chi connectivity index (χ4n) is 4.71. The molecule has 0 saturated heterocycles. The molecule has 10 heteroatoms. The normalized spacial score (nSPS) is 11.9. The van der Waals surface area contributed by atoms with Gasteiger partial charge in [-0.2, -0.15) is 28.4 Å². The highest BCUT2D eigenvalue weighted by Crippen LogP contribution is 2.29. The van der Waals surface area contributed by atoms with E-state index in [9.17, 15) is 18.4 Å². The molecule has 0 aromatic heterocycles. The van der Waals surface area contributed by atoms with Gasteiger partial charge in [0.15, 0.2) is 0 Å². The fraction of sp³-hybridized carbons (Fsp3) is 0.375. The van der Waals surface area contributed by atoms with Gasteiger partial charge < -0.3 is 5.32 Å². The lowest BCUT2D eigenvalue weighted by atomic mass is 9.93. The lowest BCUT2D eigenvalue weighted by Gasteiger charge is -2.24. The average Bonchev–Trinajstić information content (AvgIpc) is 2.95. The Balaban J connectivity index is 1.95. The maximum Gasteiger partial charge on any atom is 0.364 e. The summed E-state index contributed by atoms with van der Waals surface area (Å²) >= 11 is 3.31. The number of aryl methyl sites for hydroxylation is 1. The van der Waals surface area contributed by atoms with Crippen LogP contribution in [0.4, 0.5) is 8.78 Å². The molecule has 1 unspecified atom stereocenters. The maximum atomic E-state index is 13.9. The van der Waals surface area contributed by atoms with Crippen LogP contribution < -0.4 is 5.32 Å². The van der Waals surface area contributed by atoms with Gasteiger partial charge in [-0.05, 0) is 102 Å². The van der Waals surface area contributed by atoms with E-state index >= 15 is 0 Å². The first-order chi connectivity index (χ1) is 20.2. The summed E-state index contributed by atoms with van der Waals surface area (Å²) in [6.07, 6.45) is 5.27. The third kappa shape index (κ3) is 10.1. The van der Waals surface area contributed by atoms with Crippen LogP contribution in [0.25, 0.3) is 11.1 Å². The van der Waals surface area contributed by atoms with Crippen molar-refractivity contribution in [1.29, 1.82) is 0 Å². The number of carbonyl (C=O) groups is 2. The summed E-state index contributed by atoms with van der Waals surface area (Å²) in [6.45, 7) is 3.61. The highest BCUT2D eigenvalue weighted by molar-refractivity contribution is 7.98. The van der Waals surface area contributed by atoms with Gasteiger partial charge >= 0.3 is 5.97 Å². The van der Waals surface area contributed by atoms with Gasteiger partial charge in [0.05, 0.1) is 7.11 Å². The number of hydrogen-bond acceptors (Lipinski definition) is 7. The van der Waals surface area contributed by atoms with Crippen molar-refractivity contribution in [3.8, 4) is 11.1 Å². The van der Waals surface area contributed by atoms with Gasteiger partial charge in [-0.3, -0.25) is 14.6 Å². The topological polar surface area (TPSA) is 67.9 Å². The van der Waals surface area contributed by atoms with E-state index in [1.54, 1.807) is 29.6 Å². The molecule has 42 heavy (non-hydrogen) atoms. The number of halogens is 2. The second-order valence-corrected chi connectivity index (χ2v) is 11.9. The van der Waals surface area contributed by atoms with Crippen LogP contribution in [-0.2, 0) is 27.7 Å². The standard InChI is InChI=1S/C32H38F2N2O4S2/c1-22-8-5-6-9-27(22)29-18-23(10-11-28(29)31(37)35-30(12-15-42-4)32(38)40-39-2)20-36(13-7-14-41-3)21-24-16-25(33)19-26(34)17-24/h5-6,8-11,16-19,30H,7,12-15,20-21H2,1-4H3,(H,35,37). The summed E-state index contributed by atoms with van der Waals surface area (Å²) in [5.74, 6) is -0.651. The number of nitrogens with one attached hydrogen (secondary N) is 1. The predicted octanol–water partition coefficient (Wildman–Crippen LogP) is 6.65. The Morgan fingerprint density at radius 1 is 0.905 bits per heavy atom. The molecule has 6 nitrogen and oxygen atoms in total. The van der Waals surface area contributed by atoms with Crippen molar-refractivity contribution in [2.45, 2.75) is 38.9 Å². The van der Waals surface area contributed by atoms with Crippen LogP contribution in [-0.4, -0.2) is 60.5 Å². The van der Waals surface area contributed by atoms with Crippen LogP contribution in [0.1, 0.15) is 39.9 Å². The van der Waals surface area contributed by atoms with Crippen molar-refractivity contribution in [2.24, 2.45) is 0 Å². The Labute approximate surface area is 255 Å². The van der Waals surface area contributed by atoms with Gasteiger partial charge in [0.25, 0.3) is 5.91 Å². The van der Waals surface area contributed by atoms with Crippen molar-refractivity contribution >= 4 is 35.4 Å². The van der Waals surface area contributed by atoms with Gasteiger partial charge in [0, 0.05) is 24.7 Å². The average molecular weight is 617 g/mol. The lowest BCUT2D eigenvalue weighted by Crippen LogP contribution is -2.42. The molecule has 0 saturated carbocycles. The minimum absolute atomic E-state index is 0.379. The molecule has 3 rings (SSSR count). The number of nitrogens with zero attached hydrogens (tertiary/aromatic N) is 1. The number of carbonyl (C=O) groups excluding carboxylic acids is 2. The highest BCUT2D eigenvalue weighted by Gasteiger charge is 2.25. The number of rotatable bonds is 16. The minimum atomic E-state index is -0.868. The molecular formula is C32H38F2N2O4S2. The zero-order chi connectivity index (χ0) is 30.5. The van der Waals surface area contributed by atoms with Gasteiger partial charge in [-0.25, -0.2) is 13.6 Å². The Morgan fingerprint density at radius 2 is 1.60 bits per heavy atom. The van der Waals surface area contributed by atoms with Gasteiger partial charge in [-0.15, -0.1) is 0 Å². The molecule has 0 aliphatic carbocycles. The summed E-state index contributed by atoms with van der Waals surface area (Å²) in [5.41, 5.74) is 4.55. The van der Waals surface area contributed by atoms with Crippen molar-refractivity contribution in [2.75, 3.05) is 37.7 Å². The van der Waals surface area contributed by atoms with Crippen molar-refractivity contribution < 1.29 is 28.1 Å². The van der Waals surface area contributed by atoms with Crippen molar-refractivity contribution in [3.05, 3.63) is 94.6 Å².